The van der Waals surface area contributed by atoms with E-state index < -0.39 is 10.0 Å². The zero-order chi connectivity index (χ0) is 14.8. The van der Waals surface area contributed by atoms with E-state index in [1.165, 1.54) is 0 Å². The quantitative estimate of drug-likeness (QED) is 0.921. The van der Waals surface area contributed by atoms with Gasteiger partial charge in [0.15, 0.2) is 0 Å². The first-order chi connectivity index (χ1) is 8.58. The van der Waals surface area contributed by atoms with Crippen LogP contribution in [-0.2, 0) is 15.4 Å². The van der Waals surface area contributed by atoms with Crippen LogP contribution in [0.1, 0.15) is 52.2 Å². The number of sulfonamides is 1. The van der Waals surface area contributed by atoms with Gasteiger partial charge in [-0.3, -0.25) is 0 Å². The van der Waals surface area contributed by atoms with E-state index in [2.05, 4.69) is 25.5 Å². The van der Waals surface area contributed by atoms with Crippen molar-refractivity contribution in [2.75, 3.05) is 0 Å². The van der Waals surface area contributed by atoms with Gasteiger partial charge in [0.1, 0.15) is 0 Å². The second-order valence-electron chi connectivity index (χ2n) is 6.16. The van der Waals surface area contributed by atoms with E-state index in [9.17, 15) is 8.42 Å². The molecule has 108 valence electrons. The highest BCUT2D eigenvalue weighted by Gasteiger charge is 2.22. The lowest BCUT2D eigenvalue weighted by Crippen LogP contribution is -2.32. The van der Waals surface area contributed by atoms with E-state index >= 15 is 0 Å². The summed E-state index contributed by atoms with van der Waals surface area (Å²) in [5.41, 5.74) is 1.75. The molecule has 0 radical (unpaired) electrons. The second-order valence-corrected chi connectivity index (χ2v) is 7.84. The monoisotopic (exact) mass is 283 g/mol. The van der Waals surface area contributed by atoms with Gasteiger partial charge in [-0.2, -0.15) is 0 Å². The van der Waals surface area contributed by atoms with Gasteiger partial charge in [-0.1, -0.05) is 39.8 Å². The highest BCUT2D eigenvalue weighted by atomic mass is 32.2. The maximum atomic E-state index is 12.4. The van der Waals surface area contributed by atoms with Gasteiger partial charge < -0.3 is 0 Å². The second kappa shape index (κ2) is 5.63. The van der Waals surface area contributed by atoms with Crippen molar-refractivity contribution in [2.24, 2.45) is 0 Å². The van der Waals surface area contributed by atoms with Gasteiger partial charge in [-0.25, -0.2) is 13.1 Å². The van der Waals surface area contributed by atoms with Crippen LogP contribution in [-0.4, -0.2) is 14.5 Å². The van der Waals surface area contributed by atoms with Crippen molar-refractivity contribution in [2.45, 2.75) is 64.3 Å². The molecule has 0 amide bonds. The Kier molecular flexibility index (Phi) is 4.80. The summed E-state index contributed by atoms with van der Waals surface area (Å²) in [6, 6.07) is 5.62. The molecule has 0 saturated carbocycles. The van der Waals surface area contributed by atoms with Crippen LogP contribution in [0.4, 0.5) is 0 Å². The molecule has 0 aliphatic rings. The van der Waals surface area contributed by atoms with Crippen LogP contribution in [0.15, 0.2) is 23.1 Å². The minimum Gasteiger partial charge on any atom is -0.208 e. The Hall–Kier alpha value is -0.870. The summed E-state index contributed by atoms with van der Waals surface area (Å²) in [6.45, 7) is 11.9. The van der Waals surface area contributed by atoms with E-state index in [1.807, 2.05) is 32.9 Å². The Labute approximate surface area is 117 Å². The molecule has 19 heavy (non-hydrogen) atoms. The largest absolute Gasteiger partial charge is 0.241 e. The van der Waals surface area contributed by atoms with Crippen molar-refractivity contribution < 1.29 is 8.42 Å². The molecule has 0 bridgehead atoms. The maximum absolute atomic E-state index is 12.4. The van der Waals surface area contributed by atoms with Crippen LogP contribution in [0.2, 0.25) is 0 Å². The van der Waals surface area contributed by atoms with Gasteiger partial charge in [-0.15, -0.1) is 0 Å². The minimum absolute atomic E-state index is 0.0531. The van der Waals surface area contributed by atoms with E-state index in [4.69, 9.17) is 0 Å². The molecule has 1 N–H and O–H groups in total. The maximum Gasteiger partial charge on any atom is 0.241 e. The first kappa shape index (κ1) is 16.2. The third-order valence-electron chi connectivity index (χ3n) is 3.31. The molecule has 0 heterocycles. The van der Waals surface area contributed by atoms with Crippen LogP contribution in [0.5, 0.6) is 0 Å². The fourth-order valence-electron chi connectivity index (χ4n) is 1.77. The summed E-state index contributed by atoms with van der Waals surface area (Å²) >= 11 is 0. The number of nitrogens with one attached hydrogen (secondary N) is 1. The topological polar surface area (TPSA) is 46.2 Å². The van der Waals surface area contributed by atoms with Gasteiger partial charge >= 0.3 is 0 Å². The normalized spacial score (nSPS) is 14.4. The Morgan fingerprint density at radius 2 is 1.84 bits per heavy atom. The summed E-state index contributed by atoms with van der Waals surface area (Å²) in [5, 5.41) is 0. The van der Waals surface area contributed by atoms with E-state index in [0.717, 1.165) is 17.5 Å². The SMILES string of the molecule is CC[C@@H](C)NS(=O)(=O)c1cc(C(C)(C)C)ccc1C. The van der Waals surface area contributed by atoms with E-state index in [0.29, 0.717) is 4.90 Å². The smallest absolute Gasteiger partial charge is 0.208 e. The standard InChI is InChI=1S/C15H25NO2S/c1-7-12(3)16-19(17,18)14-10-13(15(4,5)6)9-8-11(14)2/h8-10,12,16H,7H2,1-6H3/t12-/m1/s1. The molecule has 0 unspecified atom stereocenters. The number of hydrogen-bond donors (Lipinski definition) is 1. The molecule has 0 aliphatic carbocycles. The minimum atomic E-state index is -3.44. The Balaban J connectivity index is 3.26. The lowest BCUT2D eigenvalue weighted by Gasteiger charge is -2.21. The van der Waals surface area contributed by atoms with Gasteiger partial charge in [0.05, 0.1) is 4.90 Å². The average Bonchev–Trinajstić information content (AvgIpc) is 2.26. The zero-order valence-electron chi connectivity index (χ0n) is 12.7. The van der Waals surface area contributed by atoms with E-state index in [-0.39, 0.29) is 11.5 Å². The lowest BCUT2D eigenvalue weighted by molar-refractivity contribution is 0.553. The van der Waals surface area contributed by atoms with Crippen molar-refractivity contribution in [1.82, 2.24) is 4.72 Å². The van der Waals surface area contributed by atoms with Crippen LogP contribution < -0.4 is 4.72 Å². The third kappa shape index (κ3) is 4.05. The molecule has 1 aromatic carbocycles. The molecular formula is C15H25NO2S. The molecule has 1 atom stereocenters. The molecule has 1 rings (SSSR count). The molecule has 0 aromatic heterocycles. The van der Waals surface area contributed by atoms with Crippen molar-refractivity contribution in [1.29, 1.82) is 0 Å². The van der Waals surface area contributed by atoms with Gasteiger partial charge in [-0.05, 0) is 42.9 Å². The number of rotatable bonds is 4. The highest BCUT2D eigenvalue weighted by molar-refractivity contribution is 7.89. The first-order valence-corrected chi connectivity index (χ1v) is 8.19. The molecule has 0 spiro atoms. The molecule has 0 aliphatic heterocycles. The van der Waals surface area contributed by atoms with Crippen molar-refractivity contribution >= 4 is 10.0 Å². The predicted molar refractivity (Wildman–Crippen MR) is 80.0 cm³/mol. The molecule has 3 nitrogen and oxygen atoms in total. The van der Waals surface area contributed by atoms with Crippen molar-refractivity contribution in [3.8, 4) is 0 Å². The van der Waals surface area contributed by atoms with Crippen LogP contribution in [0.25, 0.3) is 0 Å². The molecular weight excluding hydrogens is 258 g/mol. The first-order valence-electron chi connectivity index (χ1n) is 6.71. The molecule has 0 fully saturated rings. The van der Waals surface area contributed by atoms with Crippen molar-refractivity contribution in [3.05, 3.63) is 29.3 Å². The Bertz CT molecular complexity index is 542. The van der Waals surface area contributed by atoms with Gasteiger partial charge in [0.2, 0.25) is 10.0 Å². The lowest BCUT2D eigenvalue weighted by atomic mass is 9.87. The Morgan fingerprint density at radius 1 is 1.26 bits per heavy atom. The number of aryl methyl sites for hydroxylation is 1. The number of benzene rings is 1. The zero-order valence-corrected chi connectivity index (χ0v) is 13.6. The van der Waals surface area contributed by atoms with Crippen molar-refractivity contribution in [3.63, 3.8) is 0 Å². The van der Waals surface area contributed by atoms with Crippen LogP contribution in [0, 0.1) is 6.92 Å². The molecule has 0 saturated heterocycles. The summed E-state index contributed by atoms with van der Waals surface area (Å²) in [6.07, 6.45) is 0.775. The van der Waals surface area contributed by atoms with Gasteiger partial charge in [0.25, 0.3) is 0 Å². The summed E-state index contributed by atoms with van der Waals surface area (Å²) < 4.78 is 27.5. The van der Waals surface area contributed by atoms with Crippen LogP contribution in [0.3, 0.4) is 0 Å². The highest BCUT2D eigenvalue weighted by Crippen LogP contribution is 2.26. The molecule has 1 aromatic rings. The fraction of sp³-hybridized carbons (Fsp3) is 0.600. The van der Waals surface area contributed by atoms with E-state index in [1.54, 1.807) is 6.07 Å². The predicted octanol–water partition coefficient (Wildman–Crippen LogP) is 3.37. The summed E-state index contributed by atoms with van der Waals surface area (Å²) in [5.74, 6) is 0. The van der Waals surface area contributed by atoms with Gasteiger partial charge in [0, 0.05) is 6.04 Å². The summed E-state index contributed by atoms with van der Waals surface area (Å²) in [7, 11) is -3.44. The average molecular weight is 283 g/mol. The molecule has 4 heteroatoms. The number of hydrogen-bond acceptors (Lipinski definition) is 2. The Morgan fingerprint density at radius 3 is 2.32 bits per heavy atom. The fourth-order valence-corrected chi connectivity index (χ4v) is 3.37. The summed E-state index contributed by atoms with van der Waals surface area (Å²) in [4.78, 5) is 0.389. The third-order valence-corrected chi connectivity index (χ3v) is 5.04. The van der Waals surface area contributed by atoms with Crippen LogP contribution >= 0.6 is 0 Å².